The number of nitrogens with zero attached hydrogens (tertiary/aromatic N) is 1. The Kier molecular flexibility index (Phi) is 4.79. The fraction of sp³-hybridized carbons (Fsp3) is 0.765. The molecule has 1 N–H and O–H groups in total. The summed E-state index contributed by atoms with van der Waals surface area (Å²) in [5, 5.41) is 3.55. The van der Waals surface area contributed by atoms with Crippen LogP contribution >= 0.6 is 0 Å². The molecule has 1 aliphatic heterocycles. The molecule has 3 rings (SSSR count). The van der Waals surface area contributed by atoms with Crippen LogP contribution in [0, 0.1) is 11.8 Å². The van der Waals surface area contributed by atoms with Gasteiger partial charge in [0, 0.05) is 6.04 Å². The highest BCUT2D eigenvalue weighted by Gasteiger charge is 2.30. The number of nitrogens with one attached hydrogen (secondary N) is 1. The van der Waals surface area contributed by atoms with Gasteiger partial charge < -0.3 is 9.73 Å². The summed E-state index contributed by atoms with van der Waals surface area (Å²) in [6, 6.07) is 4.91. The van der Waals surface area contributed by atoms with Gasteiger partial charge in [-0.1, -0.05) is 6.92 Å². The van der Waals surface area contributed by atoms with Crippen molar-refractivity contribution in [2.45, 2.75) is 51.6 Å². The van der Waals surface area contributed by atoms with Gasteiger partial charge in [-0.05, 0) is 75.7 Å². The molecular weight excluding hydrogens is 248 g/mol. The molecule has 1 saturated carbocycles. The van der Waals surface area contributed by atoms with E-state index < -0.39 is 0 Å². The molecule has 2 heterocycles. The van der Waals surface area contributed by atoms with Crippen LogP contribution in [0.2, 0.25) is 0 Å². The van der Waals surface area contributed by atoms with Gasteiger partial charge in [0.2, 0.25) is 0 Å². The summed E-state index contributed by atoms with van der Waals surface area (Å²) in [7, 11) is 0. The minimum Gasteiger partial charge on any atom is -0.468 e. The summed E-state index contributed by atoms with van der Waals surface area (Å²) in [5.41, 5.74) is 0. The molecule has 0 spiro atoms. The summed E-state index contributed by atoms with van der Waals surface area (Å²) < 4.78 is 5.51. The van der Waals surface area contributed by atoms with Gasteiger partial charge in [0.05, 0.1) is 12.8 Å². The van der Waals surface area contributed by atoms with Crippen molar-refractivity contribution in [2.75, 3.05) is 19.6 Å². The average Bonchev–Trinajstić information content (AvgIpc) is 3.21. The standard InChI is InChI=1S/C17H28N2O/c1-14(15-4-2-9-18-12-15)8-10-19(16-6-7-16)13-17-5-3-11-20-17/h3,5,11,14-16,18H,2,4,6-10,12-13H2,1H3. The van der Waals surface area contributed by atoms with Crippen LogP contribution in [0.3, 0.4) is 0 Å². The van der Waals surface area contributed by atoms with Gasteiger partial charge in [-0.3, -0.25) is 4.90 Å². The Hall–Kier alpha value is -0.800. The van der Waals surface area contributed by atoms with Crippen LogP contribution < -0.4 is 5.32 Å². The molecule has 0 aromatic carbocycles. The zero-order chi connectivity index (χ0) is 13.8. The molecule has 0 amide bonds. The third-order valence-corrected chi connectivity index (χ3v) is 5.01. The van der Waals surface area contributed by atoms with E-state index in [9.17, 15) is 0 Å². The van der Waals surface area contributed by atoms with Crippen molar-refractivity contribution in [2.24, 2.45) is 11.8 Å². The lowest BCUT2D eigenvalue weighted by Gasteiger charge is -2.30. The maximum atomic E-state index is 5.51. The first-order valence-corrected chi connectivity index (χ1v) is 8.30. The first-order chi connectivity index (χ1) is 9.83. The van der Waals surface area contributed by atoms with Crippen molar-refractivity contribution in [1.82, 2.24) is 10.2 Å². The first kappa shape index (κ1) is 14.2. The van der Waals surface area contributed by atoms with Crippen LogP contribution in [0.4, 0.5) is 0 Å². The van der Waals surface area contributed by atoms with Crippen LogP contribution in [-0.2, 0) is 6.54 Å². The van der Waals surface area contributed by atoms with Crippen LogP contribution in [0.5, 0.6) is 0 Å². The lowest BCUT2D eigenvalue weighted by atomic mass is 9.85. The van der Waals surface area contributed by atoms with E-state index in [-0.39, 0.29) is 0 Å². The van der Waals surface area contributed by atoms with Crippen molar-refractivity contribution >= 4 is 0 Å². The van der Waals surface area contributed by atoms with E-state index in [1.807, 2.05) is 6.07 Å². The molecule has 1 aliphatic carbocycles. The highest BCUT2D eigenvalue weighted by atomic mass is 16.3. The van der Waals surface area contributed by atoms with Gasteiger partial charge in [-0.15, -0.1) is 0 Å². The Bertz CT molecular complexity index is 380. The van der Waals surface area contributed by atoms with Gasteiger partial charge in [-0.2, -0.15) is 0 Å². The number of rotatable bonds is 7. The first-order valence-electron chi connectivity index (χ1n) is 8.30. The molecule has 2 fully saturated rings. The highest BCUT2D eigenvalue weighted by molar-refractivity contribution is 4.99. The molecule has 2 atom stereocenters. The molecule has 2 unspecified atom stereocenters. The fourth-order valence-electron chi connectivity index (χ4n) is 3.40. The third-order valence-electron chi connectivity index (χ3n) is 5.01. The highest BCUT2D eigenvalue weighted by Crippen LogP contribution is 2.30. The van der Waals surface area contributed by atoms with Crippen molar-refractivity contribution in [3.8, 4) is 0 Å². The lowest BCUT2D eigenvalue weighted by Crippen LogP contribution is -2.35. The van der Waals surface area contributed by atoms with Crippen molar-refractivity contribution in [3.05, 3.63) is 24.2 Å². The van der Waals surface area contributed by atoms with Crippen molar-refractivity contribution < 1.29 is 4.42 Å². The number of hydrogen-bond acceptors (Lipinski definition) is 3. The average molecular weight is 276 g/mol. The van der Waals surface area contributed by atoms with E-state index in [4.69, 9.17) is 4.42 Å². The molecule has 3 heteroatoms. The van der Waals surface area contributed by atoms with Gasteiger partial charge in [0.15, 0.2) is 0 Å². The van der Waals surface area contributed by atoms with Gasteiger partial charge in [0.1, 0.15) is 5.76 Å². The molecule has 1 aromatic rings. The van der Waals surface area contributed by atoms with E-state index in [0.717, 1.165) is 30.2 Å². The smallest absolute Gasteiger partial charge is 0.117 e. The normalized spacial score (nSPS) is 25.0. The summed E-state index contributed by atoms with van der Waals surface area (Å²) in [6.07, 6.45) is 8.63. The maximum absolute atomic E-state index is 5.51. The molecule has 2 aliphatic rings. The number of furan rings is 1. The molecule has 0 bridgehead atoms. The second kappa shape index (κ2) is 6.77. The summed E-state index contributed by atoms with van der Waals surface area (Å²) in [4.78, 5) is 2.63. The molecule has 1 saturated heterocycles. The van der Waals surface area contributed by atoms with E-state index in [2.05, 4.69) is 23.2 Å². The molecule has 3 nitrogen and oxygen atoms in total. The minimum atomic E-state index is 0.816. The zero-order valence-corrected chi connectivity index (χ0v) is 12.7. The Morgan fingerprint density at radius 3 is 2.95 bits per heavy atom. The third kappa shape index (κ3) is 3.86. The van der Waals surface area contributed by atoms with E-state index in [1.165, 1.54) is 51.7 Å². The second-order valence-corrected chi connectivity index (χ2v) is 6.65. The van der Waals surface area contributed by atoms with Crippen LogP contribution in [0.1, 0.15) is 44.8 Å². The second-order valence-electron chi connectivity index (χ2n) is 6.65. The molecule has 20 heavy (non-hydrogen) atoms. The summed E-state index contributed by atoms with van der Waals surface area (Å²) >= 11 is 0. The Morgan fingerprint density at radius 1 is 1.40 bits per heavy atom. The number of hydrogen-bond donors (Lipinski definition) is 1. The van der Waals surface area contributed by atoms with E-state index in [1.54, 1.807) is 6.26 Å². The van der Waals surface area contributed by atoms with Gasteiger partial charge >= 0.3 is 0 Å². The van der Waals surface area contributed by atoms with Crippen molar-refractivity contribution in [3.63, 3.8) is 0 Å². The topological polar surface area (TPSA) is 28.4 Å². The molecule has 112 valence electrons. The van der Waals surface area contributed by atoms with Gasteiger partial charge in [-0.25, -0.2) is 0 Å². The van der Waals surface area contributed by atoms with Crippen LogP contribution in [-0.4, -0.2) is 30.6 Å². The predicted molar refractivity (Wildman–Crippen MR) is 81.5 cm³/mol. The Labute approximate surface area is 122 Å². The molecule has 0 radical (unpaired) electrons. The monoisotopic (exact) mass is 276 g/mol. The minimum absolute atomic E-state index is 0.816. The predicted octanol–water partition coefficient (Wildman–Crippen LogP) is 3.27. The van der Waals surface area contributed by atoms with Crippen LogP contribution in [0.25, 0.3) is 0 Å². The van der Waals surface area contributed by atoms with E-state index in [0.29, 0.717) is 0 Å². The summed E-state index contributed by atoms with van der Waals surface area (Å²) in [5.74, 6) is 2.83. The Morgan fingerprint density at radius 2 is 2.30 bits per heavy atom. The zero-order valence-electron chi connectivity index (χ0n) is 12.7. The summed E-state index contributed by atoms with van der Waals surface area (Å²) in [6.45, 7) is 7.10. The molecular formula is C17H28N2O. The molecule has 1 aromatic heterocycles. The van der Waals surface area contributed by atoms with Gasteiger partial charge in [0.25, 0.3) is 0 Å². The van der Waals surface area contributed by atoms with Crippen molar-refractivity contribution in [1.29, 1.82) is 0 Å². The Balaban J connectivity index is 1.46. The van der Waals surface area contributed by atoms with E-state index >= 15 is 0 Å². The number of piperidine rings is 1. The maximum Gasteiger partial charge on any atom is 0.117 e. The van der Waals surface area contributed by atoms with Crippen LogP contribution in [0.15, 0.2) is 22.8 Å². The fourth-order valence-corrected chi connectivity index (χ4v) is 3.40. The lowest BCUT2D eigenvalue weighted by molar-refractivity contribution is 0.191. The quantitative estimate of drug-likeness (QED) is 0.828. The SMILES string of the molecule is CC(CCN(Cc1ccco1)C1CC1)C1CCCNC1. The largest absolute Gasteiger partial charge is 0.468 e.